The molecule has 0 saturated carbocycles. The maximum absolute atomic E-state index is 13.1. The molecule has 7 nitrogen and oxygen atoms in total. The van der Waals surface area contributed by atoms with Crippen LogP contribution in [0.1, 0.15) is 29.5 Å². The summed E-state index contributed by atoms with van der Waals surface area (Å²) in [6, 6.07) is 9.33. The Hall–Kier alpha value is -2.29. The van der Waals surface area contributed by atoms with Gasteiger partial charge in [-0.15, -0.1) is 0 Å². The monoisotopic (exact) mass is 456 g/mol. The zero-order valence-electron chi connectivity index (χ0n) is 18.9. The largest absolute Gasteiger partial charge is 0.340 e. The van der Waals surface area contributed by atoms with E-state index >= 15 is 0 Å². The fraction of sp³-hybridized carbons (Fsp3) is 0.500. The van der Waals surface area contributed by atoms with Crippen molar-refractivity contribution < 1.29 is 13.2 Å². The molecule has 2 aliphatic heterocycles. The van der Waals surface area contributed by atoms with E-state index in [1.807, 2.05) is 49.3 Å². The summed E-state index contributed by atoms with van der Waals surface area (Å²) in [7, 11) is -3.52. The molecule has 1 amide bonds. The second kappa shape index (κ2) is 9.68. The minimum absolute atomic E-state index is 0.0899. The van der Waals surface area contributed by atoms with Crippen molar-refractivity contribution in [3.05, 3.63) is 59.4 Å². The van der Waals surface area contributed by atoms with Crippen molar-refractivity contribution in [3.8, 4) is 0 Å². The van der Waals surface area contributed by atoms with Crippen molar-refractivity contribution in [1.29, 1.82) is 0 Å². The predicted octanol–water partition coefficient (Wildman–Crippen LogP) is 2.44. The van der Waals surface area contributed by atoms with E-state index in [9.17, 15) is 13.2 Å². The van der Waals surface area contributed by atoms with Crippen LogP contribution in [-0.2, 0) is 21.4 Å². The topological polar surface area (TPSA) is 73.8 Å². The molecule has 172 valence electrons. The summed E-state index contributed by atoms with van der Waals surface area (Å²) in [5, 5.41) is 0. The van der Waals surface area contributed by atoms with Gasteiger partial charge < -0.3 is 4.90 Å². The summed E-state index contributed by atoms with van der Waals surface area (Å²) in [4.78, 5) is 21.8. The molecule has 2 aromatic rings. The molecule has 0 spiro atoms. The minimum Gasteiger partial charge on any atom is -0.340 e. The van der Waals surface area contributed by atoms with Gasteiger partial charge in [0.05, 0.1) is 4.90 Å². The lowest BCUT2D eigenvalue weighted by atomic mass is 9.96. The van der Waals surface area contributed by atoms with Gasteiger partial charge in [0, 0.05) is 64.1 Å². The molecular formula is C24H32N4O3S. The number of carbonyl (C=O) groups excluding carboxylic acids is 1. The van der Waals surface area contributed by atoms with Crippen molar-refractivity contribution >= 4 is 15.9 Å². The number of hydrogen-bond acceptors (Lipinski definition) is 5. The molecule has 1 aromatic heterocycles. The van der Waals surface area contributed by atoms with Crippen LogP contribution in [-0.4, -0.2) is 72.7 Å². The number of benzene rings is 1. The molecule has 2 saturated heterocycles. The first-order valence-corrected chi connectivity index (χ1v) is 12.8. The van der Waals surface area contributed by atoms with E-state index in [1.54, 1.807) is 12.1 Å². The second-order valence-corrected chi connectivity index (χ2v) is 10.8. The number of nitrogens with zero attached hydrogens (tertiary/aromatic N) is 4. The van der Waals surface area contributed by atoms with E-state index < -0.39 is 10.0 Å². The SMILES string of the molecule is Cc1ccc(S(=O)(=O)N2CCC(C(=O)N3CCN(Cc4ccncc4)CC3)CC2)cc1C. The van der Waals surface area contributed by atoms with Gasteiger partial charge in [-0.2, -0.15) is 4.31 Å². The van der Waals surface area contributed by atoms with Crippen LogP contribution < -0.4 is 0 Å². The van der Waals surface area contributed by atoms with Crippen molar-refractivity contribution in [2.75, 3.05) is 39.3 Å². The molecule has 0 atom stereocenters. The maximum atomic E-state index is 13.1. The van der Waals surface area contributed by atoms with Crippen molar-refractivity contribution in [3.63, 3.8) is 0 Å². The van der Waals surface area contributed by atoms with Crippen LogP contribution in [0.4, 0.5) is 0 Å². The van der Waals surface area contributed by atoms with Gasteiger partial charge in [0.1, 0.15) is 0 Å². The first kappa shape index (κ1) is 22.9. The highest BCUT2D eigenvalue weighted by Gasteiger charge is 2.34. The second-order valence-electron chi connectivity index (χ2n) is 8.88. The molecule has 1 aromatic carbocycles. The van der Waals surface area contributed by atoms with E-state index in [1.165, 1.54) is 9.87 Å². The number of sulfonamides is 1. The van der Waals surface area contributed by atoms with Gasteiger partial charge in [0.25, 0.3) is 0 Å². The standard InChI is InChI=1S/C24H32N4O3S/c1-19-3-4-23(17-20(19)2)32(30,31)28-11-7-22(8-12-28)24(29)27-15-13-26(14-16-27)18-21-5-9-25-10-6-21/h3-6,9-10,17,22H,7-8,11-16,18H2,1-2H3. The Morgan fingerprint density at radius 1 is 0.938 bits per heavy atom. The first-order chi connectivity index (χ1) is 15.3. The predicted molar refractivity (Wildman–Crippen MR) is 123 cm³/mol. The lowest BCUT2D eigenvalue weighted by Crippen LogP contribution is -2.51. The molecule has 0 aliphatic carbocycles. The number of amides is 1. The van der Waals surface area contributed by atoms with Crippen LogP contribution in [0.3, 0.4) is 0 Å². The van der Waals surface area contributed by atoms with Crippen molar-refractivity contribution in [2.24, 2.45) is 5.92 Å². The van der Waals surface area contributed by atoms with Crippen LogP contribution in [0.15, 0.2) is 47.6 Å². The van der Waals surface area contributed by atoms with Gasteiger partial charge in [-0.3, -0.25) is 14.7 Å². The van der Waals surface area contributed by atoms with E-state index in [-0.39, 0.29) is 11.8 Å². The van der Waals surface area contributed by atoms with Gasteiger partial charge >= 0.3 is 0 Å². The molecule has 0 bridgehead atoms. The summed E-state index contributed by atoms with van der Waals surface area (Å²) in [5.41, 5.74) is 3.28. The third-order valence-electron chi connectivity index (χ3n) is 6.76. The van der Waals surface area contributed by atoms with Gasteiger partial charge in [-0.25, -0.2) is 8.42 Å². The van der Waals surface area contributed by atoms with Gasteiger partial charge in [-0.1, -0.05) is 6.07 Å². The number of pyridine rings is 1. The zero-order chi connectivity index (χ0) is 22.7. The summed E-state index contributed by atoms with van der Waals surface area (Å²) in [6.07, 6.45) is 4.78. The summed E-state index contributed by atoms with van der Waals surface area (Å²) in [6.45, 7) is 8.73. The number of aryl methyl sites for hydroxylation is 2. The van der Waals surface area contributed by atoms with Crippen molar-refractivity contribution in [1.82, 2.24) is 19.1 Å². The molecule has 3 heterocycles. The maximum Gasteiger partial charge on any atom is 0.243 e. The quantitative estimate of drug-likeness (QED) is 0.691. The molecule has 0 N–H and O–H groups in total. The average molecular weight is 457 g/mol. The van der Waals surface area contributed by atoms with Crippen LogP contribution in [0.5, 0.6) is 0 Å². The minimum atomic E-state index is -3.52. The molecule has 8 heteroatoms. The average Bonchev–Trinajstić information content (AvgIpc) is 2.81. The Bertz CT molecular complexity index is 1040. The molecule has 32 heavy (non-hydrogen) atoms. The van der Waals surface area contributed by atoms with Gasteiger partial charge in [0.15, 0.2) is 0 Å². The smallest absolute Gasteiger partial charge is 0.243 e. The molecule has 0 unspecified atom stereocenters. The Morgan fingerprint density at radius 2 is 1.59 bits per heavy atom. The fourth-order valence-corrected chi connectivity index (χ4v) is 6.05. The Balaban J connectivity index is 1.29. The normalized spacial score (nSPS) is 19.2. The van der Waals surface area contributed by atoms with E-state index in [0.717, 1.165) is 43.9 Å². The van der Waals surface area contributed by atoms with Crippen LogP contribution in [0.2, 0.25) is 0 Å². The molecule has 2 fully saturated rings. The fourth-order valence-electron chi connectivity index (χ4n) is 4.50. The number of piperidine rings is 1. The number of hydrogen-bond donors (Lipinski definition) is 0. The van der Waals surface area contributed by atoms with Crippen molar-refractivity contribution in [2.45, 2.75) is 38.1 Å². The van der Waals surface area contributed by atoms with Crippen LogP contribution in [0, 0.1) is 19.8 Å². The number of piperazine rings is 1. The van der Waals surface area contributed by atoms with E-state index in [2.05, 4.69) is 9.88 Å². The highest BCUT2D eigenvalue weighted by molar-refractivity contribution is 7.89. The highest BCUT2D eigenvalue weighted by atomic mass is 32.2. The van der Waals surface area contributed by atoms with E-state index in [0.29, 0.717) is 30.8 Å². The summed E-state index contributed by atoms with van der Waals surface area (Å²) < 4.78 is 27.6. The first-order valence-electron chi connectivity index (χ1n) is 11.3. The van der Waals surface area contributed by atoms with Crippen LogP contribution in [0.25, 0.3) is 0 Å². The highest BCUT2D eigenvalue weighted by Crippen LogP contribution is 2.26. The third-order valence-corrected chi connectivity index (χ3v) is 8.65. The van der Waals surface area contributed by atoms with E-state index in [4.69, 9.17) is 0 Å². The lowest BCUT2D eigenvalue weighted by molar-refractivity contribution is -0.138. The number of aromatic nitrogens is 1. The summed E-state index contributed by atoms with van der Waals surface area (Å²) in [5.74, 6) is 0.0877. The van der Waals surface area contributed by atoms with Crippen LogP contribution >= 0.6 is 0 Å². The zero-order valence-corrected chi connectivity index (χ0v) is 19.7. The Morgan fingerprint density at radius 3 is 2.22 bits per heavy atom. The molecule has 0 radical (unpaired) electrons. The van der Waals surface area contributed by atoms with Gasteiger partial charge in [0.2, 0.25) is 15.9 Å². The number of rotatable bonds is 5. The third kappa shape index (κ3) is 5.03. The molecule has 2 aliphatic rings. The lowest BCUT2D eigenvalue weighted by Gasteiger charge is -2.38. The molecule has 4 rings (SSSR count). The summed E-state index contributed by atoms with van der Waals surface area (Å²) >= 11 is 0. The number of carbonyl (C=O) groups is 1. The molecular weight excluding hydrogens is 424 g/mol. The van der Waals surface area contributed by atoms with Gasteiger partial charge in [-0.05, 0) is 67.6 Å². The Kier molecular flexibility index (Phi) is 6.93. The Labute approximate surface area is 191 Å².